The Morgan fingerprint density at radius 1 is 1.56 bits per heavy atom. The number of methoxy groups -OCH3 is 1. The highest BCUT2D eigenvalue weighted by molar-refractivity contribution is 5.87. The molecule has 0 saturated carbocycles. The third kappa shape index (κ3) is 4.89. The number of carboxylic acids is 1. The summed E-state index contributed by atoms with van der Waals surface area (Å²) in [6, 6.07) is 1.57. The van der Waals surface area contributed by atoms with E-state index in [1.807, 2.05) is 0 Å². The Hall–Kier alpha value is -1.33. The van der Waals surface area contributed by atoms with E-state index in [4.69, 9.17) is 14.3 Å². The van der Waals surface area contributed by atoms with E-state index in [2.05, 4.69) is 18.7 Å². The van der Waals surface area contributed by atoms with Crippen molar-refractivity contribution in [3.8, 4) is 0 Å². The minimum absolute atomic E-state index is 0.196. The minimum atomic E-state index is -0.961. The summed E-state index contributed by atoms with van der Waals surface area (Å²) in [5.41, 5.74) is 0.196. The number of hydrogen-bond acceptors (Lipinski definition) is 4. The molecule has 0 unspecified atom stereocenters. The summed E-state index contributed by atoms with van der Waals surface area (Å²) in [4.78, 5) is 12.9. The summed E-state index contributed by atoms with van der Waals surface area (Å²) in [6.07, 6.45) is 1.28. The van der Waals surface area contributed by atoms with E-state index in [1.165, 1.54) is 6.26 Å². The van der Waals surface area contributed by atoms with Crippen molar-refractivity contribution in [1.29, 1.82) is 0 Å². The molecular weight excluding hydrogens is 234 g/mol. The van der Waals surface area contributed by atoms with Gasteiger partial charge in [-0.2, -0.15) is 0 Å². The number of hydrogen-bond donors (Lipinski definition) is 1. The molecule has 102 valence electrons. The van der Waals surface area contributed by atoms with Crippen molar-refractivity contribution in [2.45, 2.75) is 20.4 Å². The first-order valence-electron chi connectivity index (χ1n) is 6.05. The van der Waals surface area contributed by atoms with Crippen LogP contribution in [0.3, 0.4) is 0 Å². The van der Waals surface area contributed by atoms with E-state index >= 15 is 0 Å². The number of aromatic carboxylic acids is 1. The molecule has 0 aliphatic carbocycles. The molecule has 1 heterocycles. The Balaban J connectivity index is 2.59. The van der Waals surface area contributed by atoms with E-state index in [-0.39, 0.29) is 5.56 Å². The van der Waals surface area contributed by atoms with Crippen LogP contribution in [0.4, 0.5) is 0 Å². The molecule has 0 aliphatic rings. The van der Waals surface area contributed by atoms with Gasteiger partial charge in [0.1, 0.15) is 12.0 Å². The third-order valence-electron chi connectivity index (χ3n) is 2.52. The van der Waals surface area contributed by atoms with Gasteiger partial charge < -0.3 is 14.3 Å². The van der Waals surface area contributed by atoms with Gasteiger partial charge in [0.2, 0.25) is 0 Å². The number of rotatable bonds is 8. The van der Waals surface area contributed by atoms with Gasteiger partial charge in [-0.15, -0.1) is 0 Å². The largest absolute Gasteiger partial charge is 0.478 e. The normalized spacial score (nSPS) is 11.4. The minimum Gasteiger partial charge on any atom is -0.478 e. The van der Waals surface area contributed by atoms with Crippen LogP contribution >= 0.6 is 0 Å². The van der Waals surface area contributed by atoms with Crippen LogP contribution in [-0.2, 0) is 11.3 Å². The third-order valence-corrected chi connectivity index (χ3v) is 2.52. The summed E-state index contributed by atoms with van der Waals surface area (Å²) in [7, 11) is 1.67. The predicted octanol–water partition coefficient (Wildman–Crippen LogP) is 2.08. The molecule has 0 saturated heterocycles. The Bertz CT molecular complexity index is 373. The van der Waals surface area contributed by atoms with Crippen molar-refractivity contribution in [3.63, 3.8) is 0 Å². The molecule has 1 aromatic heterocycles. The quantitative estimate of drug-likeness (QED) is 0.770. The second kappa shape index (κ2) is 7.18. The van der Waals surface area contributed by atoms with Gasteiger partial charge in [-0.25, -0.2) is 4.79 Å². The molecular formula is C13H21NO4. The lowest BCUT2D eigenvalue weighted by Gasteiger charge is -2.22. The van der Waals surface area contributed by atoms with Crippen LogP contribution < -0.4 is 0 Å². The van der Waals surface area contributed by atoms with E-state index in [9.17, 15) is 4.79 Å². The number of furan rings is 1. The van der Waals surface area contributed by atoms with Gasteiger partial charge in [-0.05, 0) is 12.0 Å². The van der Waals surface area contributed by atoms with E-state index in [1.54, 1.807) is 13.2 Å². The van der Waals surface area contributed by atoms with Gasteiger partial charge in [0, 0.05) is 20.2 Å². The Kier molecular flexibility index (Phi) is 5.88. The zero-order chi connectivity index (χ0) is 13.5. The summed E-state index contributed by atoms with van der Waals surface area (Å²) in [6.45, 7) is 7.27. The Morgan fingerprint density at radius 2 is 2.28 bits per heavy atom. The van der Waals surface area contributed by atoms with Crippen LogP contribution in [0.5, 0.6) is 0 Å². The first-order valence-corrected chi connectivity index (χ1v) is 6.05. The maximum absolute atomic E-state index is 10.8. The van der Waals surface area contributed by atoms with Crippen LogP contribution in [0.1, 0.15) is 30.0 Å². The first kappa shape index (κ1) is 14.7. The maximum atomic E-state index is 10.8. The highest BCUT2D eigenvalue weighted by Crippen LogP contribution is 2.12. The smallest absolute Gasteiger partial charge is 0.338 e. The number of carbonyl (C=O) groups is 1. The van der Waals surface area contributed by atoms with E-state index in [0.717, 1.165) is 13.1 Å². The molecule has 0 aliphatic heterocycles. The number of carboxylic acid groups (broad SMARTS) is 1. The molecule has 5 nitrogen and oxygen atoms in total. The summed E-state index contributed by atoms with van der Waals surface area (Å²) >= 11 is 0. The maximum Gasteiger partial charge on any atom is 0.338 e. The van der Waals surface area contributed by atoms with Gasteiger partial charge >= 0.3 is 5.97 Å². The van der Waals surface area contributed by atoms with Crippen LogP contribution in [0.15, 0.2) is 16.7 Å². The van der Waals surface area contributed by atoms with Crippen molar-refractivity contribution < 1.29 is 19.1 Å². The number of nitrogens with zero attached hydrogens (tertiary/aromatic N) is 1. The van der Waals surface area contributed by atoms with Gasteiger partial charge in [-0.3, -0.25) is 4.90 Å². The second-order valence-corrected chi connectivity index (χ2v) is 4.73. The molecule has 0 fully saturated rings. The molecule has 0 aromatic carbocycles. The molecule has 1 aromatic rings. The van der Waals surface area contributed by atoms with Crippen LogP contribution in [0.25, 0.3) is 0 Å². The van der Waals surface area contributed by atoms with Gasteiger partial charge in [0.05, 0.1) is 18.7 Å². The van der Waals surface area contributed by atoms with Gasteiger partial charge in [0.25, 0.3) is 0 Å². The van der Waals surface area contributed by atoms with Crippen molar-refractivity contribution in [1.82, 2.24) is 4.90 Å². The summed E-state index contributed by atoms with van der Waals surface area (Å²) in [5.74, 6) is 0.247. The fraction of sp³-hybridized carbons (Fsp3) is 0.615. The van der Waals surface area contributed by atoms with Crippen molar-refractivity contribution in [3.05, 3.63) is 23.7 Å². The lowest BCUT2D eigenvalue weighted by Crippen LogP contribution is -2.30. The average molecular weight is 255 g/mol. The predicted molar refractivity (Wildman–Crippen MR) is 67.7 cm³/mol. The fourth-order valence-corrected chi connectivity index (χ4v) is 1.77. The standard InChI is InChI=1S/C13H21NO4/c1-10(2)7-14(4-5-17-3)8-12-6-11(9-18-12)13(15)16/h6,9-10H,4-5,7-8H2,1-3H3,(H,15,16). The van der Waals surface area contributed by atoms with Crippen molar-refractivity contribution in [2.24, 2.45) is 5.92 Å². The van der Waals surface area contributed by atoms with Crippen molar-refractivity contribution >= 4 is 5.97 Å². The molecule has 0 spiro atoms. The van der Waals surface area contributed by atoms with Crippen LogP contribution in [-0.4, -0.2) is 42.8 Å². The molecule has 0 amide bonds. The zero-order valence-corrected chi connectivity index (χ0v) is 11.2. The monoisotopic (exact) mass is 255 g/mol. The van der Waals surface area contributed by atoms with Crippen molar-refractivity contribution in [2.75, 3.05) is 26.8 Å². The van der Waals surface area contributed by atoms with E-state index in [0.29, 0.717) is 24.8 Å². The number of ether oxygens (including phenoxy) is 1. The molecule has 18 heavy (non-hydrogen) atoms. The molecule has 1 N–H and O–H groups in total. The second-order valence-electron chi connectivity index (χ2n) is 4.73. The lowest BCUT2D eigenvalue weighted by molar-refractivity contribution is 0.0696. The molecule has 5 heteroatoms. The zero-order valence-electron chi connectivity index (χ0n) is 11.2. The van der Waals surface area contributed by atoms with Crippen LogP contribution in [0.2, 0.25) is 0 Å². The van der Waals surface area contributed by atoms with Gasteiger partial charge in [-0.1, -0.05) is 13.8 Å². The van der Waals surface area contributed by atoms with Crippen LogP contribution in [0, 0.1) is 5.92 Å². The lowest BCUT2D eigenvalue weighted by atomic mass is 10.2. The SMILES string of the molecule is COCCN(Cc1cc(C(=O)O)co1)CC(C)C. The highest BCUT2D eigenvalue weighted by Gasteiger charge is 2.13. The molecule has 0 radical (unpaired) electrons. The Morgan fingerprint density at radius 3 is 2.78 bits per heavy atom. The highest BCUT2D eigenvalue weighted by atomic mass is 16.5. The van der Waals surface area contributed by atoms with E-state index < -0.39 is 5.97 Å². The first-order chi connectivity index (χ1) is 8.52. The fourth-order valence-electron chi connectivity index (χ4n) is 1.77. The molecule has 0 atom stereocenters. The van der Waals surface area contributed by atoms with Gasteiger partial charge in [0.15, 0.2) is 0 Å². The average Bonchev–Trinajstić information content (AvgIpc) is 2.73. The topological polar surface area (TPSA) is 62.9 Å². The summed E-state index contributed by atoms with van der Waals surface area (Å²) < 4.78 is 10.3. The summed E-state index contributed by atoms with van der Waals surface area (Å²) in [5, 5.41) is 8.83. The molecule has 1 rings (SSSR count). The Labute approximate surface area is 107 Å². The molecule has 0 bridgehead atoms.